The molecule has 5 nitrogen and oxygen atoms in total. The molecule has 0 N–H and O–H groups in total. The van der Waals surface area contributed by atoms with E-state index in [1.807, 2.05) is 0 Å². The van der Waals surface area contributed by atoms with Crippen LogP contribution in [-0.4, -0.2) is 40.8 Å². The van der Waals surface area contributed by atoms with E-state index in [4.69, 9.17) is 21.3 Å². The van der Waals surface area contributed by atoms with E-state index in [-0.39, 0.29) is 0 Å². The third-order valence-electron chi connectivity index (χ3n) is 5.58. The van der Waals surface area contributed by atoms with E-state index >= 15 is 0 Å². The first kappa shape index (κ1) is 19.7. The van der Waals surface area contributed by atoms with Crippen molar-refractivity contribution in [1.29, 1.82) is 0 Å². The van der Waals surface area contributed by atoms with Crippen LogP contribution in [0.3, 0.4) is 0 Å². The summed E-state index contributed by atoms with van der Waals surface area (Å²) >= 11 is 8.19. The number of rotatable bonds is 5. The summed E-state index contributed by atoms with van der Waals surface area (Å²) < 4.78 is 7.84. The smallest absolute Gasteiger partial charge is 0.187 e. The third kappa shape index (κ3) is 3.42. The predicted molar refractivity (Wildman–Crippen MR) is 118 cm³/mol. The molecule has 0 amide bonds. The van der Waals surface area contributed by atoms with Crippen LogP contribution in [0.5, 0.6) is 0 Å². The Morgan fingerprint density at radius 1 is 1.14 bits per heavy atom. The van der Waals surface area contributed by atoms with Gasteiger partial charge in [-0.25, -0.2) is 9.97 Å². The number of aromatic nitrogens is 3. The lowest BCUT2D eigenvalue weighted by atomic mass is 10.1. The van der Waals surface area contributed by atoms with Crippen LogP contribution in [0.25, 0.3) is 21.6 Å². The maximum Gasteiger partial charge on any atom is 0.187 e. The molecule has 3 aromatic rings. The Labute approximate surface area is 175 Å². The van der Waals surface area contributed by atoms with Gasteiger partial charge in [0.05, 0.1) is 34.8 Å². The first-order valence-electron chi connectivity index (χ1n) is 10.0. The van der Waals surface area contributed by atoms with E-state index < -0.39 is 0 Å². The third-order valence-corrected chi connectivity index (χ3v) is 7.09. The van der Waals surface area contributed by atoms with Crippen LogP contribution in [0.15, 0.2) is 12.3 Å². The minimum atomic E-state index is 0.503. The highest BCUT2D eigenvalue weighted by Crippen LogP contribution is 2.40. The average Bonchev–Trinajstić information content (AvgIpc) is 3.23. The van der Waals surface area contributed by atoms with E-state index in [1.54, 1.807) is 11.3 Å². The molecular formula is C21H27ClN4OS. The molecule has 0 spiro atoms. The molecule has 4 heterocycles. The minimum absolute atomic E-state index is 0.503. The molecule has 0 bridgehead atoms. The lowest BCUT2D eigenvalue weighted by Gasteiger charge is -2.25. The largest absolute Gasteiger partial charge is 0.378 e. The Kier molecular flexibility index (Phi) is 5.63. The number of hydrogen-bond donors (Lipinski definition) is 0. The van der Waals surface area contributed by atoms with Gasteiger partial charge in [-0.05, 0) is 43.9 Å². The standard InChI is InChI=1S/C21H27ClN4OS/c1-5-15(6-2)26-12-14(4)17-16(26)11-13(3)18(23-17)19-20(22)24-21(28-19)25-7-9-27-10-8-25/h11-12,15H,5-10H2,1-4H3. The number of morpholine rings is 1. The van der Waals surface area contributed by atoms with Gasteiger partial charge < -0.3 is 14.2 Å². The molecule has 28 heavy (non-hydrogen) atoms. The average molecular weight is 419 g/mol. The number of halogens is 1. The van der Waals surface area contributed by atoms with Crippen molar-refractivity contribution in [1.82, 2.24) is 14.5 Å². The van der Waals surface area contributed by atoms with Crippen molar-refractivity contribution in [3.63, 3.8) is 0 Å². The van der Waals surface area contributed by atoms with Gasteiger partial charge in [0, 0.05) is 25.3 Å². The first-order chi connectivity index (χ1) is 13.5. The number of anilines is 1. The highest BCUT2D eigenvalue weighted by atomic mass is 35.5. The molecule has 1 saturated heterocycles. The normalized spacial score (nSPS) is 15.1. The zero-order valence-electron chi connectivity index (χ0n) is 17.0. The second-order valence-corrected chi connectivity index (χ2v) is 8.76. The van der Waals surface area contributed by atoms with E-state index in [1.165, 1.54) is 11.1 Å². The summed E-state index contributed by atoms with van der Waals surface area (Å²) in [6.07, 6.45) is 4.47. The van der Waals surface area contributed by atoms with Gasteiger partial charge in [-0.15, -0.1) is 0 Å². The molecular weight excluding hydrogens is 392 g/mol. The Morgan fingerprint density at radius 2 is 1.86 bits per heavy atom. The Bertz CT molecular complexity index is 986. The second kappa shape index (κ2) is 8.01. The molecule has 4 rings (SSSR count). The van der Waals surface area contributed by atoms with E-state index in [0.29, 0.717) is 11.2 Å². The number of nitrogens with zero attached hydrogens (tertiary/aromatic N) is 4. The highest BCUT2D eigenvalue weighted by molar-refractivity contribution is 7.19. The van der Waals surface area contributed by atoms with Gasteiger partial charge in [0.15, 0.2) is 10.3 Å². The van der Waals surface area contributed by atoms with Crippen molar-refractivity contribution in [2.75, 3.05) is 31.2 Å². The lowest BCUT2D eigenvalue weighted by Crippen LogP contribution is -2.36. The number of fused-ring (bicyclic) bond motifs is 1. The molecule has 1 fully saturated rings. The molecule has 0 saturated carbocycles. The van der Waals surface area contributed by atoms with Crippen LogP contribution in [0.4, 0.5) is 5.13 Å². The summed E-state index contributed by atoms with van der Waals surface area (Å²) in [5.74, 6) is 0. The van der Waals surface area contributed by atoms with Gasteiger partial charge in [-0.3, -0.25) is 0 Å². The van der Waals surface area contributed by atoms with Crippen molar-refractivity contribution < 1.29 is 4.74 Å². The fraction of sp³-hybridized carbons (Fsp3) is 0.524. The Balaban J connectivity index is 1.78. The molecule has 0 atom stereocenters. The fourth-order valence-corrected chi connectivity index (χ4v) is 5.37. The number of hydrogen-bond acceptors (Lipinski definition) is 5. The summed E-state index contributed by atoms with van der Waals surface area (Å²) in [6, 6.07) is 2.76. The molecule has 1 aliphatic heterocycles. The van der Waals surface area contributed by atoms with E-state index in [9.17, 15) is 0 Å². The molecule has 0 radical (unpaired) electrons. The van der Waals surface area contributed by atoms with Gasteiger partial charge in [0.2, 0.25) is 0 Å². The van der Waals surface area contributed by atoms with E-state index in [0.717, 1.165) is 65.9 Å². The van der Waals surface area contributed by atoms with Gasteiger partial charge in [-0.1, -0.05) is 36.8 Å². The van der Waals surface area contributed by atoms with Crippen LogP contribution in [0, 0.1) is 13.8 Å². The summed E-state index contributed by atoms with van der Waals surface area (Å²) in [4.78, 5) is 12.9. The van der Waals surface area contributed by atoms with Crippen molar-refractivity contribution in [3.8, 4) is 10.6 Å². The molecule has 0 aromatic carbocycles. The fourth-order valence-electron chi connectivity index (χ4n) is 3.97. The second-order valence-electron chi connectivity index (χ2n) is 7.43. The lowest BCUT2D eigenvalue weighted by molar-refractivity contribution is 0.122. The Hall–Kier alpha value is -1.63. The summed E-state index contributed by atoms with van der Waals surface area (Å²) in [7, 11) is 0. The quantitative estimate of drug-likeness (QED) is 0.538. The van der Waals surface area contributed by atoms with Gasteiger partial charge >= 0.3 is 0 Å². The maximum absolute atomic E-state index is 6.56. The van der Waals surface area contributed by atoms with Crippen molar-refractivity contribution in [2.24, 2.45) is 0 Å². The SMILES string of the molecule is CCC(CC)n1cc(C)c2nc(-c3sc(N4CCOCC4)nc3Cl)c(C)cc21. The molecule has 3 aromatic heterocycles. The molecule has 150 valence electrons. The molecule has 1 aliphatic rings. The number of ether oxygens (including phenoxy) is 1. The summed E-state index contributed by atoms with van der Waals surface area (Å²) in [5.41, 5.74) is 5.56. The zero-order valence-corrected chi connectivity index (χ0v) is 18.5. The first-order valence-corrected chi connectivity index (χ1v) is 11.2. The zero-order chi connectivity index (χ0) is 19.8. The molecule has 7 heteroatoms. The molecule has 0 unspecified atom stereocenters. The van der Waals surface area contributed by atoms with Gasteiger partial charge in [-0.2, -0.15) is 0 Å². The molecule has 0 aliphatic carbocycles. The van der Waals surface area contributed by atoms with E-state index in [2.05, 4.69) is 54.4 Å². The summed E-state index contributed by atoms with van der Waals surface area (Å²) in [5, 5.41) is 1.49. The Morgan fingerprint density at radius 3 is 2.54 bits per heavy atom. The van der Waals surface area contributed by atoms with Gasteiger partial charge in [0.1, 0.15) is 0 Å². The number of aryl methyl sites for hydroxylation is 2. The number of pyridine rings is 1. The van der Waals surface area contributed by atoms with Crippen LogP contribution in [-0.2, 0) is 4.74 Å². The summed E-state index contributed by atoms with van der Waals surface area (Å²) in [6.45, 7) is 11.9. The minimum Gasteiger partial charge on any atom is -0.378 e. The predicted octanol–water partition coefficient (Wildman–Crippen LogP) is 5.63. The monoisotopic (exact) mass is 418 g/mol. The highest BCUT2D eigenvalue weighted by Gasteiger charge is 2.22. The van der Waals surface area contributed by atoms with Crippen LogP contribution in [0.1, 0.15) is 43.9 Å². The van der Waals surface area contributed by atoms with Gasteiger partial charge in [0.25, 0.3) is 0 Å². The maximum atomic E-state index is 6.56. The van der Waals surface area contributed by atoms with Crippen molar-refractivity contribution in [3.05, 3.63) is 28.5 Å². The van der Waals surface area contributed by atoms with Crippen LogP contribution < -0.4 is 4.90 Å². The topological polar surface area (TPSA) is 43.2 Å². The van der Waals surface area contributed by atoms with Crippen LogP contribution >= 0.6 is 22.9 Å². The van der Waals surface area contributed by atoms with Crippen molar-refractivity contribution in [2.45, 2.75) is 46.6 Å². The number of thiazole rings is 1. The van der Waals surface area contributed by atoms with Crippen molar-refractivity contribution >= 4 is 39.1 Å². The van der Waals surface area contributed by atoms with Crippen LogP contribution in [0.2, 0.25) is 5.15 Å².